The molecule has 84 valence electrons. The number of carboxylic acids is 1. The van der Waals surface area contributed by atoms with Crippen molar-refractivity contribution in [3.63, 3.8) is 0 Å². The van der Waals surface area contributed by atoms with Gasteiger partial charge in [0.25, 0.3) is 5.22 Å². The van der Waals surface area contributed by atoms with Crippen LogP contribution in [0.3, 0.4) is 0 Å². The van der Waals surface area contributed by atoms with Gasteiger partial charge in [-0.25, -0.2) is 0 Å². The van der Waals surface area contributed by atoms with Gasteiger partial charge in [0, 0.05) is 20.1 Å². The van der Waals surface area contributed by atoms with Gasteiger partial charge in [0.1, 0.15) is 5.75 Å². The Kier molecular flexibility index (Phi) is 5.13. The number of aryl methyl sites for hydroxylation is 1. The Balaban J connectivity index is 2.32. The number of hydrogen-bond donors (Lipinski definition) is 1. The van der Waals surface area contributed by atoms with Gasteiger partial charge in [0.2, 0.25) is 5.89 Å². The van der Waals surface area contributed by atoms with Gasteiger partial charge >= 0.3 is 5.97 Å². The first-order valence-electron chi connectivity index (χ1n) is 4.38. The van der Waals surface area contributed by atoms with Gasteiger partial charge in [-0.05, 0) is 6.42 Å². The summed E-state index contributed by atoms with van der Waals surface area (Å²) >= 11 is 1.02. The van der Waals surface area contributed by atoms with E-state index in [0.29, 0.717) is 24.1 Å². The molecule has 1 aromatic heterocycles. The third-order valence-electron chi connectivity index (χ3n) is 1.51. The monoisotopic (exact) mass is 232 g/mol. The number of carbonyl (C=O) groups is 1. The van der Waals surface area contributed by atoms with Crippen LogP contribution in [-0.2, 0) is 16.0 Å². The summed E-state index contributed by atoms with van der Waals surface area (Å²) in [6.45, 7) is 0.639. The molecule has 7 heteroatoms. The summed E-state index contributed by atoms with van der Waals surface area (Å²) in [5.41, 5.74) is 0. The lowest BCUT2D eigenvalue weighted by atomic mass is 10.3. The highest BCUT2D eigenvalue weighted by Crippen LogP contribution is 2.16. The lowest BCUT2D eigenvalue weighted by Crippen LogP contribution is -1.97. The SMILES string of the molecule is COCCCc1nnc(SCC(=O)O)o1. The summed E-state index contributed by atoms with van der Waals surface area (Å²) in [4.78, 5) is 10.3. The van der Waals surface area contributed by atoms with E-state index in [1.165, 1.54) is 0 Å². The molecule has 0 radical (unpaired) electrons. The predicted octanol–water partition coefficient (Wildman–Crippen LogP) is 0.825. The van der Waals surface area contributed by atoms with Crippen molar-refractivity contribution in [1.82, 2.24) is 10.2 Å². The average molecular weight is 232 g/mol. The Hall–Kier alpha value is -1.08. The smallest absolute Gasteiger partial charge is 0.314 e. The lowest BCUT2D eigenvalue weighted by molar-refractivity contribution is -0.133. The zero-order valence-corrected chi connectivity index (χ0v) is 9.12. The lowest BCUT2D eigenvalue weighted by Gasteiger charge is -1.93. The molecule has 0 aliphatic heterocycles. The molecular weight excluding hydrogens is 220 g/mol. The van der Waals surface area contributed by atoms with Crippen LogP contribution in [0.1, 0.15) is 12.3 Å². The molecule has 0 bridgehead atoms. The second kappa shape index (κ2) is 6.41. The quantitative estimate of drug-likeness (QED) is 0.550. The van der Waals surface area contributed by atoms with Gasteiger partial charge < -0.3 is 14.3 Å². The van der Waals surface area contributed by atoms with Crippen LogP contribution in [0.2, 0.25) is 0 Å². The molecule has 0 aliphatic carbocycles. The second-order valence-electron chi connectivity index (χ2n) is 2.74. The molecule has 1 heterocycles. The van der Waals surface area contributed by atoms with E-state index in [1.807, 2.05) is 0 Å². The molecule has 0 amide bonds. The minimum absolute atomic E-state index is 0.0697. The van der Waals surface area contributed by atoms with Crippen molar-refractivity contribution >= 4 is 17.7 Å². The van der Waals surface area contributed by atoms with Crippen molar-refractivity contribution in [2.24, 2.45) is 0 Å². The Bertz CT molecular complexity index is 315. The molecule has 6 nitrogen and oxygen atoms in total. The normalized spacial score (nSPS) is 10.5. The molecule has 1 N–H and O–H groups in total. The molecule has 0 saturated heterocycles. The third kappa shape index (κ3) is 4.80. The maximum absolute atomic E-state index is 10.3. The van der Waals surface area contributed by atoms with Crippen LogP contribution in [0.15, 0.2) is 9.64 Å². The maximum atomic E-state index is 10.3. The highest BCUT2D eigenvalue weighted by atomic mass is 32.2. The largest absolute Gasteiger partial charge is 0.481 e. The number of nitrogens with zero attached hydrogens (tertiary/aromatic N) is 2. The number of rotatable bonds is 7. The van der Waals surface area contributed by atoms with E-state index in [9.17, 15) is 4.79 Å². The van der Waals surface area contributed by atoms with Gasteiger partial charge in [-0.1, -0.05) is 11.8 Å². The van der Waals surface area contributed by atoms with Crippen LogP contribution in [0.4, 0.5) is 0 Å². The van der Waals surface area contributed by atoms with Gasteiger partial charge in [-0.3, -0.25) is 4.79 Å². The Morgan fingerprint density at radius 3 is 3.07 bits per heavy atom. The third-order valence-corrected chi connectivity index (χ3v) is 2.31. The number of thioether (sulfide) groups is 1. The molecular formula is C8H12N2O4S. The first-order valence-corrected chi connectivity index (χ1v) is 5.37. The van der Waals surface area contributed by atoms with Crippen LogP contribution in [0.5, 0.6) is 0 Å². The van der Waals surface area contributed by atoms with Crippen LogP contribution in [0, 0.1) is 0 Å². The van der Waals surface area contributed by atoms with E-state index in [-0.39, 0.29) is 5.75 Å². The summed E-state index contributed by atoms with van der Waals surface area (Å²) in [5.74, 6) is -0.459. The topological polar surface area (TPSA) is 85.5 Å². The molecule has 0 aliphatic rings. The summed E-state index contributed by atoms with van der Waals surface area (Å²) < 4.78 is 10.1. The van der Waals surface area contributed by atoms with Crippen molar-refractivity contribution in [3.8, 4) is 0 Å². The molecule has 0 aromatic carbocycles. The Morgan fingerprint density at radius 1 is 1.60 bits per heavy atom. The van der Waals surface area contributed by atoms with Crippen molar-refractivity contribution in [3.05, 3.63) is 5.89 Å². The van der Waals surface area contributed by atoms with E-state index in [1.54, 1.807) is 7.11 Å². The maximum Gasteiger partial charge on any atom is 0.314 e. The zero-order valence-electron chi connectivity index (χ0n) is 8.30. The minimum atomic E-state index is -0.904. The number of aromatic nitrogens is 2. The van der Waals surface area contributed by atoms with Crippen LogP contribution < -0.4 is 0 Å². The van der Waals surface area contributed by atoms with Gasteiger partial charge in [-0.2, -0.15) is 0 Å². The number of carboxylic acid groups (broad SMARTS) is 1. The van der Waals surface area contributed by atoms with E-state index in [2.05, 4.69) is 10.2 Å². The fourth-order valence-electron chi connectivity index (χ4n) is 0.889. The van der Waals surface area contributed by atoms with Crippen molar-refractivity contribution in [1.29, 1.82) is 0 Å². The van der Waals surface area contributed by atoms with Gasteiger partial charge in [0.05, 0.1) is 0 Å². The molecule has 0 unspecified atom stereocenters. The van der Waals surface area contributed by atoms with E-state index in [0.717, 1.165) is 18.2 Å². The first-order chi connectivity index (χ1) is 7.22. The summed E-state index contributed by atoms with van der Waals surface area (Å²) in [6, 6.07) is 0. The molecule has 0 atom stereocenters. The average Bonchev–Trinajstić information content (AvgIpc) is 2.63. The van der Waals surface area contributed by atoms with Crippen molar-refractivity contribution in [2.75, 3.05) is 19.5 Å². The van der Waals surface area contributed by atoms with Crippen molar-refractivity contribution in [2.45, 2.75) is 18.1 Å². The standard InChI is InChI=1S/C8H12N2O4S/c1-13-4-2-3-6-9-10-8(14-6)15-5-7(11)12/h2-5H2,1H3,(H,11,12). The number of aliphatic carboxylic acids is 1. The zero-order chi connectivity index (χ0) is 11.1. The Morgan fingerprint density at radius 2 is 2.40 bits per heavy atom. The summed E-state index contributed by atoms with van der Waals surface area (Å²) in [6.07, 6.45) is 1.45. The molecule has 0 saturated carbocycles. The molecule has 1 aromatic rings. The van der Waals surface area contributed by atoms with Gasteiger partial charge in [0.15, 0.2) is 0 Å². The van der Waals surface area contributed by atoms with Crippen LogP contribution in [0.25, 0.3) is 0 Å². The Labute approximate surface area is 91.0 Å². The molecule has 0 fully saturated rings. The highest BCUT2D eigenvalue weighted by molar-refractivity contribution is 7.99. The molecule has 1 rings (SSSR count). The highest BCUT2D eigenvalue weighted by Gasteiger charge is 2.08. The number of methoxy groups -OCH3 is 1. The fourth-order valence-corrected chi connectivity index (χ4v) is 1.39. The second-order valence-corrected chi connectivity index (χ2v) is 3.67. The predicted molar refractivity (Wildman–Crippen MR) is 52.9 cm³/mol. The summed E-state index contributed by atoms with van der Waals surface area (Å²) in [5, 5.41) is 16.2. The first kappa shape index (κ1) is 12.0. The fraction of sp³-hybridized carbons (Fsp3) is 0.625. The van der Waals surface area contributed by atoms with Crippen LogP contribution >= 0.6 is 11.8 Å². The number of hydrogen-bond acceptors (Lipinski definition) is 6. The molecule has 15 heavy (non-hydrogen) atoms. The van der Waals surface area contributed by atoms with E-state index < -0.39 is 5.97 Å². The van der Waals surface area contributed by atoms with Crippen molar-refractivity contribution < 1.29 is 19.1 Å². The number of ether oxygens (including phenoxy) is 1. The van der Waals surface area contributed by atoms with Gasteiger partial charge in [-0.15, -0.1) is 10.2 Å². The van der Waals surface area contributed by atoms with E-state index in [4.69, 9.17) is 14.3 Å². The minimum Gasteiger partial charge on any atom is -0.481 e. The summed E-state index contributed by atoms with van der Waals surface area (Å²) in [7, 11) is 1.63. The van der Waals surface area contributed by atoms with E-state index >= 15 is 0 Å². The van der Waals surface area contributed by atoms with Crippen LogP contribution in [-0.4, -0.2) is 40.7 Å². The molecule has 0 spiro atoms.